The zero-order chi connectivity index (χ0) is 24.9. The summed E-state index contributed by atoms with van der Waals surface area (Å²) in [6, 6.07) is 16.3. The van der Waals surface area contributed by atoms with Gasteiger partial charge in [-0.3, -0.25) is 10.1 Å². The van der Waals surface area contributed by atoms with Crippen LogP contribution in [-0.2, 0) is 9.53 Å². The Morgan fingerprint density at radius 2 is 1.66 bits per heavy atom. The lowest BCUT2D eigenvalue weighted by atomic mass is 9.98. The lowest BCUT2D eigenvalue weighted by Gasteiger charge is -2.15. The van der Waals surface area contributed by atoms with E-state index in [9.17, 15) is 19.5 Å². The molecule has 1 aliphatic rings. The monoisotopic (exact) mass is 474 g/mol. The number of carbonyl (C=O) groups is 3. The zero-order valence-electron chi connectivity index (χ0n) is 19.4. The minimum Gasteiger partial charge on any atom is -0.480 e. The van der Waals surface area contributed by atoms with E-state index in [1.165, 1.54) is 12.3 Å². The molecule has 0 aliphatic heterocycles. The van der Waals surface area contributed by atoms with E-state index in [0.29, 0.717) is 0 Å². The van der Waals surface area contributed by atoms with E-state index < -0.39 is 24.0 Å². The summed E-state index contributed by atoms with van der Waals surface area (Å²) in [5.74, 6) is -2.24. The third-order valence-corrected chi connectivity index (χ3v) is 5.82. The van der Waals surface area contributed by atoms with Gasteiger partial charge < -0.3 is 19.6 Å². The Bertz CT molecular complexity index is 1240. The Labute approximate surface area is 202 Å². The van der Waals surface area contributed by atoms with E-state index in [4.69, 9.17) is 9.15 Å². The number of hydrogen-bond acceptors (Lipinski definition) is 5. The topological polar surface area (TPSA) is 118 Å². The van der Waals surface area contributed by atoms with Crippen molar-refractivity contribution < 1.29 is 28.6 Å². The second kappa shape index (κ2) is 10.3. The molecule has 0 bridgehead atoms. The lowest BCUT2D eigenvalue weighted by molar-refractivity contribution is -0.139. The molecule has 0 radical (unpaired) electrons. The molecule has 1 heterocycles. The van der Waals surface area contributed by atoms with Crippen LogP contribution in [0.2, 0.25) is 0 Å². The number of benzene rings is 2. The number of amides is 2. The first kappa shape index (κ1) is 23.8. The molecular formula is C27H26N2O6. The van der Waals surface area contributed by atoms with E-state index >= 15 is 0 Å². The molecule has 0 spiro atoms. The molecular weight excluding hydrogens is 448 g/mol. The van der Waals surface area contributed by atoms with Crippen molar-refractivity contribution in [3.8, 4) is 11.1 Å². The summed E-state index contributed by atoms with van der Waals surface area (Å²) in [5, 5.41) is 14.3. The number of carbonyl (C=O) groups excluding carboxylic acids is 2. The van der Waals surface area contributed by atoms with E-state index in [1.54, 1.807) is 6.08 Å². The number of aliphatic carboxylic acids is 1. The SMILES string of the molecule is CC(C)=CCC(NC(=O)c1occc1NC(=O)OCC1c2ccccc2-c2ccccc21)C(=O)O. The lowest BCUT2D eigenvalue weighted by Crippen LogP contribution is -2.40. The molecule has 35 heavy (non-hydrogen) atoms. The number of ether oxygens (including phenoxy) is 1. The quantitative estimate of drug-likeness (QED) is 0.387. The van der Waals surface area contributed by atoms with E-state index in [2.05, 4.69) is 10.6 Å². The Morgan fingerprint density at radius 3 is 2.26 bits per heavy atom. The molecule has 0 saturated heterocycles. The molecule has 4 rings (SSSR count). The highest BCUT2D eigenvalue weighted by Gasteiger charge is 2.29. The summed E-state index contributed by atoms with van der Waals surface area (Å²) >= 11 is 0. The fourth-order valence-electron chi connectivity index (χ4n) is 4.13. The van der Waals surface area contributed by atoms with Crippen LogP contribution in [0.3, 0.4) is 0 Å². The number of rotatable bonds is 8. The largest absolute Gasteiger partial charge is 0.480 e. The minimum absolute atomic E-state index is 0.0890. The van der Waals surface area contributed by atoms with Gasteiger partial charge in [-0.05, 0) is 42.5 Å². The van der Waals surface area contributed by atoms with Gasteiger partial charge in [-0.1, -0.05) is 60.2 Å². The Hall–Kier alpha value is -4.33. The van der Waals surface area contributed by atoms with Gasteiger partial charge >= 0.3 is 12.1 Å². The number of anilines is 1. The predicted octanol–water partition coefficient (Wildman–Crippen LogP) is 5.18. The normalized spacial score (nSPS) is 12.7. The van der Waals surface area contributed by atoms with E-state index in [-0.39, 0.29) is 30.4 Å². The second-order valence-electron chi connectivity index (χ2n) is 8.50. The van der Waals surface area contributed by atoms with Gasteiger partial charge in [0, 0.05) is 12.0 Å². The van der Waals surface area contributed by atoms with E-state index in [0.717, 1.165) is 27.8 Å². The highest BCUT2D eigenvalue weighted by Crippen LogP contribution is 2.44. The smallest absolute Gasteiger partial charge is 0.411 e. The van der Waals surface area contributed by atoms with Crippen molar-refractivity contribution in [1.82, 2.24) is 5.32 Å². The van der Waals surface area contributed by atoms with Gasteiger partial charge in [0.2, 0.25) is 5.76 Å². The van der Waals surface area contributed by atoms with Crippen molar-refractivity contribution in [2.45, 2.75) is 32.2 Å². The molecule has 1 aromatic heterocycles. The summed E-state index contributed by atoms with van der Waals surface area (Å²) in [6.07, 6.45) is 2.33. The predicted molar refractivity (Wildman–Crippen MR) is 130 cm³/mol. The van der Waals surface area contributed by atoms with E-state index in [1.807, 2.05) is 62.4 Å². The van der Waals surface area contributed by atoms with Crippen LogP contribution < -0.4 is 10.6 Å². The summed E-state index contributed by atoms with van der Waals surface area (Å²) < 4.78 is 10.7. The Morgan fingerprint density at radius 1 is 1.03 bits per heavy atom. The molecule has 0 saturated carbocycles. The van der Waals surface area contributed by atoms with Gasteiger partial charge in [0.25, 0.3) is 5.91 Å². The molecule has 1 unspecified atom stereocenters. The van der Waals surface area contributed by atoms with Crippen molar-refractivity contribution >= 4 is 23.7 Å². The van der Waals surface area contributed by atoms with Gasteiger partial charge in [-0.25, -0.2) is 9.59 Å². The minimum atomic E-state index is -1.17. The van der Waals surface area contributed by atoms with Crippen molar-refractivity contribution in [3.05, 3.63) is 89.4 Å². The molecule has 2 aromatic carbocycles. The van der Waals surface area contributed by atoms with Crippen molar-refractivity contribution in [1.29, 1.82) is 0 Å². The van der Waals surface area contributed by atoms with Crippen LogP contribution in [0.25, 0.3) is 11.1 Å². The highest BCUT2D eigenvalue weighted by molar-refractivity contribution is 6.01. The molecule has 3 aromatic rings. The van der Waals surface area contributed by atoms with Gasteiger partial charge in [0.1, 0.15) is 12.6 Å². The summed E-state index contributed by atoms with van der Waals surface area (Å²) in [6.45, 7) is 3.79. The van der Waals surface area contributed by atoms with Crippen LogP contribution in [0.15, 0.2) is 76.9 Å². The Balaban J connectivity index is 1.41. The first-order valence-electron chi connectivity index (χ1n) is 11.2. The molecule has 8 nitrogen and oxygen atoms in total. The van der Waals surface area contributed by atoms with Gasteiger partial charge in [-0.15, -0.1) is 0 Å². The number of allylic oxidation sites excluding steroid dienone is 1. The average molecular weight is 475 g/mol. The molecule has 0 fully saturated rings. The number of fused-ring (bicyclic) bond motifs is 3. The maximum Gasteiger partial charge on any atom is 0.411 e. The van der Waals surface area contributed by atoms with Gasteiger partial charge in [0.15, 0.2) is 0 Å². The number of nitrogens with one attached hydrogen (secondary N) is 2. The molecule has 180 valence electrons. The summed E-state index contributed by atoms with van der Waals surface area (Å²) in [4.78, 5) is 36.7. The Kier molecular flexibility index (Phi) is 7.01. The van der Waals surface area contributed by atoms with Crippen molar-refractivity contribution in [2.75, 3.05) is 11.9 Å². The van der Waals surface area contributed by atoms with Crippen LogP contribution in [0.4, 0.5) is 10.5 Å². The summed E-state index contributed by atoms with van der Waals surface area (Å²) in [5.41, 5.74) is 5.42. The number of furan rings is 1. The van der Waals surface area contributed by atoms with Gasteiger partial charge in [-0.2, -0.15) is 0 Å². The van der Waals surface area contributed by atoms with Crippen LogP contribution in [-0.4, -0.2) is 35.7 Å². The third-order valence-electron chi connectivity index (χ3n) is 5.82. The molecule has 1 atom stereocenters. The molecule has 8 heteroatoms. The first-order valence-corrected chi connectivity index (χ1v) is 11.2. The number of carboxylic acids is 1. The van der Waals surface area contributed by atoms with Gasteiger partial charge in [0.05, 0.1) is 12.0 Å². The van der Waals surface area contributed by atoms with Crippen LogP contribution >= 0.6 is 0 Å². The fraction of sp³-hybridized carbons (Fsp3) is 0.222. The third kappa shape index (κ3) is 5.27. The highest BCUT2D eigenvalue weighted by atomic mass is 16.5. The van der Waals surface area contributed by atoms with Crippen molar-refractivity contribution in [3.63, 3.8) is 0 Å². The standard InChI is InChI=1S/C27H26N2O6/c1-16(2)11-12-23(26(31)32)28-25(30)24-22(13-14-34-24)29-27(33)35-15-21-19-9-5-3-7-17(19)18-8-4-6-10-20(18)21/h3-11,13-14,21,23H,12,15H2,1-2H3,(H,28,30)(H,29,33)(H,31,32). The van der Waals surface area contributed by atoms with Crippen LogP contribution in [0, 0.1) is 0 Å². The number of carboxylic acid groups (broad SMARTS) is 1. The second-order valence-corrected chi connectivity index (χ2v) is 8.50. The molecule has 2 amide bonds. The summed E-state index contributed by atoms with van der Waals surface area (Å²) in [7, 11) is 0. The number of hydrogen-bond donors (Lipinski definition) is 3. The average Bonchev–Trinajstić information content (AvgIpc) is 3.42. The van der Waals surface area contributed by atoms with Crippen LogP contribution in [0.1, 0.15) is 47.9 Å². The maximum absolute atomic E-state index is 12.6. The molecule has 3 N–H and O–H groups in total. The van der Waals surface area contributed by atoms with Crippen molar-refractivity contribution in [2.24, 2.45) is 0 Å². The molecule has 1 aliphatic carbocycles. The maximum atomic E-state index is 12.6. The fourth-order valence-corrected chi connectivity index (χ4v) is 4.13. The zero-order valence-corrected chi connectivity index (χ0v) is 19.4. The first-order chi connectivity index (χ1) is 16.8. The van der Waals surface area contributed by atoms with Crippen LogP contribution in [0.5, 0.6) is 0 Å².